The van der Waals surface area contributed by atoms with Crippen LogP contribution in [0.3, 0.4) is 0 Å². The second-order valence-electron chi connectivity index (χ2n) is 6.88. The van der Waals surface area contributed by atoms with Gasteiger partial charge in [-0.05, 0) is 24.1 Å². The topological polar surface area (TPSA) is 96.4 Å². The summed E-state index contributed by atoms with van der Waals surface area (Å²) in [6, 6.07) is 5.39. The van der Waals surface area contributed by atoms with Crippen LogP contribution in [0.5, 0.6) is 11.5 Å². The van der Waals surface area contributed by atoms with Gasteiger partial charge in [-0.2, -0.15) is 0 Å². The number of carboxylic acid groups (broad SMARTS) is 1. The highest BCUT2D eigenvalue weighted by Crippen LogP contribution is 2.39. The predicted molar refractivity (Wildman–Crippen MR) is 88.8 cm³/mol. The lowest BCUT2D eigenvalue weighted by Gasteiger charge is -2.21. The van der Waals surface area contributed by atoms with Gasteiger partial charge in [-0.25, -0.2) is 0 Å². The first kappa shape index (κ1) is 16.7. The van der Waals surface area contributed by atoms with E-state index in [2.05, 4.69) is 0 Å². The number of ether oxygens (including phenoxy) is 2. The zero-order chi connectivity index (χ0) is 18.3. The Morgan fingerprint density at radius 3 is 2.73 bits per heavy atom. The van der Waals surface area contributed by atoms with Crippen LogP contribution in [0.2, 0.25) is 0 Å². The number of carbonyl (C=O) groups excluding carboxylic acids is 2. The molecule has 2 saturated heterocycles. The van der Waals surface area contributed by atoms with Gasteiger partial charge in [0.15, 0.2) is 11.5 Å². The molecule has 8 nitrogen and oxygen atoms in total. The molecular weight excluding hydrogens is 340 g/mol. The Labute approximate surface area is 150 Å². The van der Waals surface area contributed by atoms with Gasteiger partial charge in [-0.3, -0.25) is 14.4 Å². The van der Waals surface area contributed by atoms with Gasteiger partial charge >= 0.3 is 5.97 Å². The summed E-state index contributed by atoms with van der Waals surface area (Å²) in [6.07, 6.45) is 1.24. The molecule has 0 bridgehead atoms. The second-order valence-corrected chi connectivity index (χ2v) is 6.88. The number of hydrogen-bond donors (Lipinski definition) is 1. The number of nitrogens with zero attached hydrogens (tertiary/aromatic N) is 2. The predicted octanol–water partition coefficient (Wildman–Crippen LogP) is 0.664. The van der Waals surface area contributed by atoms with E-state index in [-0.39, 0.29) is 37.6 Å². The largest absolute Gasteiger partial charge is 0.481 e. The van der Waals surface area contributed by atoms with Crippen molar-refractivity contribution >= 4 is 17.8 Å². The summed E-state index contributed by atoms with van der Waals surface area (Å²) in [5.74, 6) is -0.915. The van der Waals surface area contributed by atoms with Crippen LogP contribution in [0.1, 0.15) is 24.3 Å². The van der Waals surface area contributed by atoms with Crippen molar-refractivity contribution in [3.05, 3.63) is 23.8 Å². The van der Waals surface area contributed by atoms with Crippen LogP contribution in [0.25, 0.3) is 0 Å². The third-order valence-corrected chi connectivity index (χ3v) is 5.31. The fraction of sp³-hybridized carbons (Fsp3) is 0.500. The van der Waals surface area contributed by atoms with Crippen LogP contribution < -0.4 is 9.47 Å². The number of aliphatic carboxylic acids is 1. The van der Waals surface area contributed by atoms with E-state index < -0.39 is 11.9 Å². The van der Waals surface area contributed by atoms with Crippen molar-refractivity contribution in [1.29, 1.82) is 0 Å². The summed E-state index contributed by atoms with van der Waals surface area (Å²) in [6.45, 7) is 1.23. The van der Waals surface area contributed by atoms with Gasteiger partial charge in [0.2, 0.25) is 18.6 Å². The van der Waals surface area contributed by atoms with Gasteiger partial charge in [-0.15, -0.1) is 0 Å². The van der Waals surface area contributed by atoms with E-state index in [4.69, 9.17) is 9.47 Å². The lowest BCUT2D eigenvalue weighted by Crippen LogP contribution is -2.40. The molecule has 0 unspecified atom stereocenters. The molecular formula is C18H20N2O6. The van der Waals surface area contributed by atoms with E-state index in [0.29, 0.717) is 31.0 Å². The molecule has 3 aliphatic heterocycles. The quantitative estimate of drug-likeness (QED) is 0.848. The van der Waals surface area contributed by atoms with Crippen molar-refractivity contribution < 1.29 is 29.0 Å². The SMILES string of the molecule is O=C(O)[C@@H]1CN(C(=O)CN2CCCC2=O)C[C@H]1c1ccc2c(c1)OCO2. The number of hydrogen-bond acceptors (Lipinski definition) is 5. The normalized spacial score (nSPS) is 24.4. The van der Waals surface area contributed by atoms with E-state index in [0.717, 1.165) is 12.0 Å². The van der Waals surface area contributed by atoms with E-state index >= 15 is 0 Å². The molecule has 0 spiro atoms. The third kappa shape index (κ3) is 2.95. The van der Waals surface area contributed by atoms with Crippen molar-refractivity contribution in [1.82, 2.24) is 9.80 Å². The summed E-state index contributed by atoms with van der Waals surface area (Å²) in [4.78, 5) is 39.1. The Kier molecular flexibility index (Phi) is 4.18. The van der Waals surface area contributed by atoms with Crippen molar-refractivity contribution in [2.45, 2.75) is 18.8 Å². The van der Waals surface area contributed by atoms with Crippen LogP contribution >= 0.6 is 0 Å². The van der Waals surface area contributed by atoms with Gasteiger partial charge in [-0.1, -0.05) is 6.07 Å². The summed E-state index contributed by atoms with van der Waals surface area (Å²) in [7, 11) is 0. The van der Waals surface area contributed by atoms with Crippen LogP contribution in [-0.4, -0.2) is 65.7 Å². The summed E-state index contributed by atoms with van der Waals surface area (Å²) in [5, 5.41) is 9.61. The highest BCUT2D eigenvalue weighted by molar-refractivity contribution is 5.86. The molecule has 2 atom stereocenters. The molecule has 2 fully saturated rings. The lowest BCUT2D eigenvalue weighted by molar-refractivity contribution is -0.142. The van der Waals surface area contributed by atoms with Gasteiger partial charge < -0.3 is 24.4 Å². The second kappa shape index (κ2) is 6.51. The van der Waals surface area contributed by atoms with Crippen LogP contribution in [0.15, 0.2) is 18.2 Å². The first-order valence-corrected chi connectivity index (χ1v) is 8.71. The standard InChI is InChI=1S/C18H20N2O6/c21-16-2-1-5-19(16)9-17(22)20-7-12(13(8-20)18(23)24)11-3-4-14-15(6-11)26-10-25-14/h3-4,6,12-13H,1-2,5,7-10H2,(H,23,24)/t12-,13+/m0/s1. The van der Waals surface area contributed by atoms with Gasteiger partial charge in [0.05, 0.1) is 12.5 Å². The van der Waals surface area contributed by atoms with Crippen molar-refractivity contribution in [3.63, 3.8) is 0 Å². The number of fused-ring (bicyclic) bond motifs is 1. The Hall–Kier alpha value is -2.77. The average molecular weight is 360 g/mol. The van der Waals surface area contributed by atoms with Gasteiger partial charge in [0, 0.05) is 32.0 Å². The zero-order valence-electron chi connectivity index (χ0n) is 14.2. The van der Waals surface area contributed by atoms with E-state index in [1.807, 2.05) is 6.07 Å². The molecule has 1 aromatic rings. The van der Waals surface area contributed by atoms with Crippen molar-refractivity contribution in [3.8, 4) is 11.5 Å². The Balaban J connectivity index is 1.51. The summed E-state index contributed by atoms with van der Waals surface area (Å²) in [5.41, 5.74) is 0.814. The fourth-order valence-corrected chi connectivity index (χ4v) is 3.87. The summed E-state index contributed by atoms with van der Waals surface area (Å²) >= 11 is 0. The van der Waals surface area contributed by atoms with Crippen LogP contribution in [0.4, 0.5) is 0 Å². The molecule has 0 saturated carbocycles. The minimum Gasteiger partial charge on any atom is -0.481 e. The molecule has 2 amide bonds. The highest BCUT2D eigenvalue weighted by Gasteiger charge is 2.41. The van der Waals surface area contributed by atoms with E-state index in [1.165, 1.54) is 0 Å². The first-order chi connectivity index (χ1) is 12.5. The van der Waals surface area contributed by atoms with Crippen LogP contribution in [-0.2, 0) is 14.4 Å². The minimum absolute atomic E-state index is 0.0142. The molecule has 1 aromatic carbocycles. The fourth-order valence-electron chi connectivity index (χ4n) is 3.87. The molecule has 0 radical (unpaired) electrons. The Bertz CT molecular complexity index is 764. The number of amides is 2. The number of carboxylic acids is 1. The molecule has 0 aliphatic carbocycles. The number of carbonyl (C=O) groups is 3. The maximum Gasteiger partial charge on any atom is 0.308 e. The lowest BCUT2D eigenvalue weighted by atomic mass is 9.89. The molecule has 8 heteroatoms. The van der Waals surface area contributed by atoms with Crippen LogP contribution in [0, 0.1) is 5.92 Å². The van der Waals surface area contributed by atoms with Gasteiger partial charge in [0.1, 0.15) is 0 Å². The molecule has 3 aliphatic rings. The zero-order valence-corrected chi connectivity index (χ0v) is 14.2. The molecule has 3 heterocycles. The summed E-state index contributed by atoms with van der Waals surface area (Å²) < 4.78 is 10.7. The van der Waals surface area contributed by atoms with E-state index in [1.54, 1.807) is 21.9 Å². The molecule has 1 N–H and O–H groups in total. The van der Waals surface area contributed by atoms with Gasteiger partial charge in [0.25, 0.3) is 0 Å². The molecule has 26 heavy (non-hydrogen) atoms. The maximum absolute atomic E-state index is 12.6. The van der Waals surface area contributed by atoms with Crippen molar-refractivity contribution in [2.24, 2.45) is 5.92 Å². The third-order valence-electron chi connectivity index (χ3n) is 5.31. The van der Waals surface area contributed by atoms with E-state index in [9.17, 15) is 19.5 Å². The molecule has 138 valence electrons. The minimum atomic E-state index is -0.930. The maximum atomic E-state index is 12.6. The monoisotopic (exact) mass is 360 g/mol. The number of likely N-dealkylation sites (tertiary alicyclic amines) is 2. The number of benzene rings is 1. The average Bonchev–Trinajstić information content (AvgIpc) is 3.33. The number of rotatable bonds is 4. The highest BCUT2D eigenvalue weighted by atomic mass is 16.7. The first-order valence-electron chi connectivity index (χ1n) is 8.71. The van der Waals surface area contributed by atoms with Crippen molar-refractivity contribution in [2.75, 3.05) is 33.0 Å². The smallest absolute Gasteiger partial charge is 0.308 e. The Morgan fingerprint density at radius 1 is 1.19 bits per heavy atom. The molecule has 0 aromatic heterocycles. The molecule has 4 rings (SSSR count). The Morgan fingerprint density at radius 2 is 2.00 bits per heavy atom.